The van der Waals surface area contributed by atoms with Gasteiger partial charge in [0.05, 0.1) is 24.2 Å². The van der Waals surface area contributed by atoms with E-state index in [0.29, 0.717) is 31.3 Å². The summed E-state index contributed by atoms with van der Waals surface area (Å²) in [7, 11) is 1.92. The van der Waals surface area contributed by atoms with Gasteiger partial charge in [-0.05, 0) is 41.2 Å². The lowest BCUT2D eigenvalue weighted by Gasteiger charge is -2.37. The fourth-order valence-corrected chi connectivity index (χ4v) is 5.73. The third-order valence-corrected chi connectivity index (χ3v) is 8.18. The van der Waals surface area contributed by atoms with Gasteiger partial charge >= 0.3 is 0 Å². The molecule has 0 aliphatic carbocycles. The maximum atomic E-state index is 14.1. The van der Waals surface area contributed by atoms with Gasteiger partial charge in [0.1, 0.15) is 0 Å². The molecule has 9 nitrogen and oxygen atoms in total. The number of thiophene rings is 1. The fraction of sp³-hybridized carbons (Fsp3) is 0.323. The molecule has 4 rings (SSSR count). The summed E-state index contributed by atoms with van der Waals surface area (Å²) >= 11 is 7.75. The van der Waals surface area contributed by atoms with E-state index >= 15 is 0 Å². The van der Waals surface area contributed by atoms with Crippen molar-refractivity contribution in [2.75, 3.05) is 13.6 Å². The first-order chi connectivity index (χ1) is 20.4. The molecule has 4 aromatic rings. The Bertz CT molecular complexity index is 1440. The second-order valence-electron chi connectivity index (χ2n) is 10.1. The minimum Gasteiger partial charge on any atom is -0.338 e. The van der Waals surface area contributed by atoms with E-state index in [0.717, 1.165) is 41.0 Å². The number of nitro groups is 1. The average molecular weight is 605 g/mol. The van der Waals surface area contributed by atoms with Crippen LogP contribution in [0.2, 0.25) is 0 Å². The zero-order valence-electron chi connectivity index (χ0n) is 24.0. The molecule has 0 saturated heterocycles. The number of benzene rings is 2. The lowest BCUT2D eigenvalue weighted by molar-refractivity contribution is -0.384. The molecule has 42 heavy (non-hydrogen) atoms. The first kappa shape index (κ1) is 31.0. The van der Waals surface area contributed by atoms with Crippen molar-refractivity contribution in [3.63, 3.8) is 0 Å². The number of unbranched alkanes of at least 4 members (excludes halogenated alkanes) is 2. The summed E-state index contributed by atoms with van der Waals surface area (Å²) in [6, 6.07) is 20.7. The number of hydrogen-bond donors (Lipinski definition) is 0. The van der Waals surface area contributed by atoms with Crippen molar-refractivity contribution in [1.29, 1.82) is 0 Å². The largest absolute Gasteiger partial charge is 0.338 e. The number of hydrogen-bond acceptors (Lipinski definition) is 7. The van der Waals surface area contributed by atoms with Crippen LogP contribution in [0.15, 0.2) is 84.6 Å². The van der Waals surface area contributed by atoms with Crippen molar-refractivity contribution in [2.24, 2.45) is 0 Å². The lowest BCUT2D eigenvalue weighted by Crippen LogP contribution is -2.54. The van der Waals surface area contributed by atoms with E-state index in [-0.39, 0.29) is 18.0 Å². The van der Waals surface area contributed by atoms with Gasteiger partial charge in [-0.25, -0.2) is 15.0 Å². The zero-order valence-corrected chi connectivity index (χ0v) is 25.6. The number of nitro benzene ring substituents is 1. The Morgan fingerprint density at radius 2 is 1.79 bits per heavy atom. The highest BCUT2D eigenvalue weighted by atomic mass is 32.1. The number of thiocarbonyl (C=S) groups is 1. The molecule has 220 valence electrons. The molecule has 11 heteroatoms. The predicted molar refractivity (Wildman–Crippen MR) is 170 cm³/mol. The van der Waals surface area contributed by atoms with Crippen molar-refractivity contribution in [1.82, 2.24) is 24.5 Å². The summed E-state index contributed by atoms with van der Waals surface area (Å²) in [5.41, 5.74) is 2.76. The molecular formula is C31H36N6O3S2. The van der Waals surface area contributed by atoms with E-state index in [1.165, 1.54) is 12.1 Å². The van der Waals surface area contributed by atoms with Gasteiger partial charge in [0.2, 0.25) is 5.91 Å². The van der Waals surface area contributed by atoms with E-state index in [4.69, 9.17) is 12.2 Å². The van der Waals surface area contributed by atoms with Crippen LogP contribution in [0.1, 0.15) is 47.9 Å². The number of aromatic nitrogens is 2. The van der Waals surface area contributed by atoms with E-state index in [2.05, 4.69) is 35.0 Å². The van der Waals surface area contributed by atoms with E-state index < -0.39 is 4.92 Å². The van der Waals surface area contributed by atoms with Gasteiger partial charge in [0, 0.05) is 55.6 Å². The SMILES string of the molecule is CCCCCN(C)N(C(=O)Cc1cncn1Cc1ccc([N+](=O)[O-])cc1)C(=S)N(Cc1ccccc1)Cc1cccs1. The normalized spacial score (nSPS) is 11.0. The number of non-ortho nitro benzene ring substituents is 1. The monoisotopic (exact) mass is 604 g/mol. The first-order valence-electron chi connectivity index (χ1n) is 14.0. The Balaban J connectivity index is 1.57. The number of nitrogens with zero attached hydrogens (tertiary/aromatic N) is 6. The Labute approximate surface area is 256 Å². The topological polar surface area (TPSA) is 87.7 Å². The summed E-state index contributed by atoms with van der Waals surface area (Å²) < 4.78 is 1.89. The summed E-state index contributed by atoms with van der Waals surface area (Å²) in [6.07, 6.45) is 6.55. The first-order valence-corrected chi connectivity index (χ1v) is 15.3. The van der Waals surface area contributed by atoms with Crippen LogP contribution in [-0.4, -0.2) is 54.0 Å². The number of amides is 1. The predicted octanol–water partition coefficient (Wildman–Crippen LogP) is 6.30. The molecule has 0 bridgehead atoms. The fourth-order valence-electron chi connectivity index (χ4n) is 4.64. The number of imidazole rings is 1. The van der Waals surface area contributed by atoms with Crippen LogP contribution in [0.25, 0.3) is 0 Å². The summed E-state index contributed by atoms with van der Waals surface area (Å²) in [4.78, 5) is 32.2. The second-order valence-corrected chi connectivity index (χ2v) is 11.5. The minimum absolute atomic E-state index is 0.0395. The van der Waals surface area contributed by atoms with E-state index in [9.17, 15) is 14.9 Å². The molecule has 0 aliphatic heterocycles. The Kier molecular flexibility index (Phi) is 11.3. The lowest BCUT2D eigenvalue weighted by atomic mass is 10.2. The van der Waals surface area contributed by atoms with Crippen LogP contribution >= 0.6 is 23.6 Å². The molecule has 0 N–H and O–H groups in total. The van der Waals surface area contributed by atoms with E-state index in [1.54, 1.807) is 41.0 Å². The number of hydrazine groups is 1. The molecule has 0 saturated carbocycles. The van der Waals surface area contributed by atoms with Gasteiger partial charge in [-0.1, -0.05) is 68.3 Å². The maximum Gasteiger partial charge on any atom is 0.269 e. The highest BCUT2D eigenvalue weighted by Crippen LogP contribution is 2.19. The van der Waals surface area contributed by atoms with Gasteiger partial charge in [-0.2, -0.15) is 0 Å². The molecular weight excluding hydrogens is 569 g/mol. The Morgan fingerprint density at radius 1 is 1.02 bits per heavy atom. The maximum absolute atomic E-state index is 14.1. The van der Waals surface area contributed by atoms with Gasteiger partial charge in [0.25, 0.3) is 5.69 Å². The summed E-state index contributed by atoms with van der Waals surface area (Å²) in [6.45, 7) is 4.45. The van der Waals surface area contributed by atoms with Crippen LogP contribution in [0.3, 0.4) is 0 Å². The number of carbonyl (C=O) groups is 1. The van der Waals surface area contributed by atoms with Gasteiger partial charge in [0.15, 0.2) is 5.11 Å². The van der Waals surface area contributed by atoms with Crippen molar-refractivity contribution < 1.29 is 9.72 Å². The molecule has 0 fully saturated rings. The Hall–Kier alpha value is -3.93. The zero-order chi connectivity index (χ0) is 29.9. The van der Waals surface area contributed by atoms with Crippen LogP contribution in [0.5, 0.6) is 0 Å². The van der Waals surface area contributed by atoms with Gasteiger partial charge < -0.3 is 9.47 Å². The van der Waals surface area contributed by atoms with Gasteiger partial charge in [-0.3, -0.25) is 14.9 Å². The van der Waals surface area contributed by atoms with Gasteiger partial charge in [-0.15, -0.1) is 11.3 Å². The van der Waals surface area contributed by atoms with Crippen molar-refractivity contribution in [3.05, 3.63) is 116 Å². The summed E-state index contributed by atoms with van der Waals surface area (Å²) in [5.74, 6) is -0.145. The van der Waals surface area contributed by atoms with E-state index in [1.807, 2.05) is 46.3 Å². The average Bonchev–Trinajstić information content (AvgIpc) is 3.66. The number of carbonyl (C=O) groups excluding carboxylic acids is 1. The molecule has 1 amide bonds. The van der Waals surface area contributed by atoms with Crippen LogP contribution < -0.4 is 0 Å². The smallest absolute Gasteiger partial charge is 0.269 e. The standard InChI is InChI=1S/C31H36N6O3S2/c1-3-4-8-17-33(2)36(31(41)34(23-29-12-9-18-42-29)21-25-10-6-5-7-11-25)30(38)19-28-20-32-24-35(28)22-26-13-15-27(16-14-26)37(39)40/h5-7,9-16,18,20,24H,3-4,8,17,19,21-23H2,1-2H3. The quantitative estimate of drug-likeness (QED) is 0.0723. The molecule has 2 aromatic carbocycles. The molecule has 0 atom stereocenters. The van der Waals surface area contributed by atoms with Crippen molar-refractivity contribution in [3.8, 4) is 0 Å². The third-order valence-electron chi connectivity index (χ3n) is 6.89. The second kappa shape index (κ2) is 15.3. The minimum atomic E-state index is -0.418. The third kappa shape index (κ3) is 8.54. The molecule has 0 radical (unpaired) electrons. The van der Waals surface area contributed by atoms with Crippen molar-refractivity contribution >= 4 is 40.3 Å². The van der Waals surface area contributed by atoms with Crippen molar-refractivity contribution in [2.45, 2.75) is 52.2 Å². The van der Waals surface area contributed by atoms with Crippen LogP contribution in [0, 0.1) is 10.1 Å². The Morgan fingerprint density at radius 3 is 2.45 bits per heavy atom. The highest BCUT2D eigenvalue weighted by Gasteiger charge is 2.28. The molecule has 0 spiro atoms. The van der Waals surface area contributed by atoms with Crippen LogP contribution in [-0.2, 0) is 30.8 Å². The molecule has 2 aromatic heterocycles. The molecule has 2 heterocycles. The molecule has 0 aliphatic rings. The van der Waals surface area contributed by atoms with Crippen LogP contribution in [0.4, 0.5) is 5.69 Å². The molecule has 0 unspecified atom stereocenters. The summed E-state index contributed by atoms with van der Waals surface area (Å²) in [5, 5.41) is 17.1. The highest BCUT2D eigenvalue weighted by molar-refractivity contribution is 7.80. The number of rotatable bonds is 14.